The summed E-state index contributed by atoms with van der Waals surface area (Å²) in [4.78, 5) is 17.3. The fourth-order valence-electron chi connectivity index (χ4n) is 4.07. The minimum atomic E-state index is 0.226. The molecule has 31 heavy (non-hydrogen) atoms. The summed E-state index contributed by atoms with van der Waals surface area (Å²) in [5.74, 6) is 1.62. The van der Waals surface area contributed by atoms with Crippen LogP contribution < -0.4 is 0 Å². The van der Waals surface area contributed by atoms with Crippen molar-refractivity contribution in [3.63, 3.8) is 0 Å². The third-order valence-corrected chi connectivity index (χ3v) is 7.44. The highest BCUT2D eigenvalue weighted by atomic mass is 79.9. The van der Waals surface area contributed by atoms with Crippen LogP contribution in [0.25, 0.3) is 0 Å². The lowest BCUT2D eigenvalue weighted by atomic mass is 9.96. The van der Waals surface area contributed by atoms with E-state index < -0.39 is 0 Å². The van der Waals surface area contributed by atoms with E-state index in [1.165, 1.54) is 16.7 Å². The highest BCUT2D eigenvalue weighted by Gasteiger charge is 2.27. The van der Waals surface area contributed by atoms with Crippen LogP contribution in [0.4, 0.5) is 0 Å². The second-order valence-corrected chi connectivity index (χ2v) is 9.56. The molecule has 0 radical (unpaired) electrons. The third kappa shape index (κ3) is 5.79. The molecule has 3 nitrogen and oxygen atoms in total. The zero-order chi connectivity index (χ0) is 21.5. The van der Waals surface area contributed by atoms with Crippen LogP contribution in [0.3, 0.4) is 0 Å². The number of nitrogens with zero attached hydrogens (tertiary/aromatic N) is 2. The lowest BCUT2D eigenvalue weighted by molar-refractivity contribution is -0.130. The van der Waals surface area contributed by atoms with Gasteiger partial charge in [0.25, 0.3) is 0 Å². The lowest BCUT2D eigenvalue weighted by Crippen LogP contribution is -2.50. The van der Waals surface area contributed by atoms with Crippen LogP contribution in [0.15, 0.2) is 89.4 Å². The quantitative estimate of drug-likeness (QED) is 0.426. The van der Waals surface area contributed by atoms with Crippen molar-refractivity contribution < 1.29 is 4.79 Å². The van der Waals surface area contributed by atoms with Crippen molar-refractivity contribution in [1.29, 1.82) is 0 Å². The smallest absolute Gasteiger partial charge is 0.232 e. The third-order valence-electron chi connectivity index (χ3n) is 5.70. The van der Waals surface area contributed by atoms with Crippen molar-refractivity contribution >= 4 is 33.6 Å². The monoisotopic (exact) mass is 494 g/mol. The summed E-state index contributed by atoms with van der Waals surface area (Å²) >= 11 is 5.27. The average molecular weight is 495 g/mol. The summed E-state index contributed by atoms with van der Waals surface area (Å²) in [5, 5.41) is 0. The standard InChI is InChI=1S/C26H27BrN2OS/c27-24-14-8-7-13-23(24)19-31-20-25(30)28-15-17-29(18-16-28)26(21-9-3-1-4-10-21)22-11-5-2-6-12-22/h1-14,26H,15-20H2. The minimum absolute atomic E-state index is 0.226. The number of rotatable bonds is 7. The molecule has 0 bridgehead atoms. The van der Waals surface area contributed by atoms with E-state index in [-0.39, 0.29) is 11.9 Å². The number of hydrogen-bond donors (Lipinski definition) is 0. The Bertz CT molecular complexity index is 935. The van der Waals surface area contributed by atoms with Gasteiger partial charge in [0.05, 0.1) is 11.8 Å². The van der Waals surface area contributed by atoms with Crippen molar-refractivity contribution in [2.24, 2.45) is 0 Å². The molecule has 1 amide bonds. The molecule has 0 aromatic heterocycles. The number of halogens is 1. The first-order chi connectivity index (χ1) is 15.2. The summed E-state index contributed by atoms with van der Waals surface area (Å²) in [7, 11) is 0. The zero-order valence-corrected chi connectivity index (χ0v) is 19.9. The first-order valence-electron chi connectivity index (χ1n) is 10.7. The second kappa shape index (κ2) is 11.0. The largest absolute Gasteiger partial charge is 0.339 e. The molecule has 0 saturated carbocycles. The number of thioether (sulfide) groups is 1. The van der Waals surface area contributed by atoms with Crippen molar-refractivity contribution in [2.75, 3.05) is 31.9 Å². The molecule has 3 aromatic carbocycles. The van der Waals surface area contributed by atoms with Crippen molar-refractivity contribution in [3.8, 4) is 0 Å². The molecule has 0 unspecified atom stereocenters. The van der Waals surface area contributed by atoms with E-state index in [4.69, 9.17) is 0 Å². The van der Waals surface area contributed by atoms with E-state index in [0.29, 0.717) is 5.75 Å². The fraction of sp³-hybridized carbons (Fsp3) is 0.269. The number of carbonyl (C=O) groups is 1. The van der Waals surface area contributed by atoms with Gasteiger partial charge in [0, 0.05) is 36.4 Å². The molecule has 1 fully saturated rings. The SMILES string of the molecule is O=C(CSCc1ccccc1Br)N1CCN(C(c2ccccc2)c2ccccc2)CC1. The average Bonchev–Trinajstić information content (AvgIpc) is 2.82. The van der Waals surface area contributed by atoms with Crippen LogP contribution in [-0.2, 0) is 10.5 Å². The predicted molar refractivity (Wildman–Crippen MR) is 133 cm³/mol. The van der Waals surface area contributed by atoms with Gasteiger partial charge >= 0.3 is 0 Å². The number of benzene rings is 3. The van der Waals surface area contributed by atoms with Gasteiger partial charge in [0.15, 0.2) is 0 Å². The number of carbonyl (C=O) groups excluding carboxylic acids is 1. The van der Waals surface area contributed by atoms with Crippen molar-refractivity contribution in [2.45, 2.75) is 11.8 Å². The van der Waals surface area contributed by atoms with Gasteiger partial charge < -0.3 is 4.90 Å². The first kappa shape index (κ1) is 22.1. The van der Waals surface area contributed by atoms with Gasteiger partial charge in [0.2, 0.25) is 5.91 Å². The summed E-state index contributed by atoms with van der Waals surface area (Å²) in [5.41, 5.74) is 3.84. The molecule has 4 rings (SSSR count). The molecule has 1 heterocycles. The molecule has 1 saturated heterocycles. The number of piperazine rings is 1. The van der Waals surface area contributed by atoms with Gasteiger partial charge in [-0.1, -0.05) is 94.8 Å². The molecule has 0 atom stereocenters. The predicted octanol–water partition coefficient (Wildman–Crippen LogP) is 5.62. The van der Waals surface area contributed by atoms with Gasteiger partial charge in [-0.3, -0.25) is 9.69 Å². The van der Waals surface area contributed by atoms with Crippen LogP contribution in [0.2, 0.25) is 0 Å². The van der Waals surface area contributed by atoms with Crippen LogP contribution in [0.1, 0.15) is 22.7 Å². The van der Waals surface area contributed by atoms with Crippen molar-refractivity contribution in [3.05, 3.63) is 106 Å². The second-order valence-electron chi connectivity index (χ2n) is 7.72. The van der Waals surface area contributed by atoms with Crippen LogP contribution in [-0.4, -0.2) is 47.6 Å². The molecule has 160 valence electrons. The molecule has 1 aliphatic heterocycles. The maximum Gasteiger partial charge on any atom is 0.232 e. The summed E-state index contributed by atoms with van der Waals surface area (Å²) in [6, 6.07) is 29.8. The summed E-state index contributed by atoms with van der Waals surface area (Å²) in [6.07, 6.45) is 0. The molecule has 5 heteroatoms. The number of amides is 1. The van der Waals surface area contributed by atoms with E-state index in [2.05, 4.69) is 87.6 Å². The molecule has 1 aliphatic rings. The minimum Gasteiger partial charge on any atom is -0.339 e. The molecular formula is C26H27BrN2OS. The van der Waals surface area contributed by atoms with E-state index >= 15 is 0 Å². The van der Waals surface area contributed by atoms with Crippen LogP contribution in [0, 0.1) is 0 Å². The Hall–Kier alpha value is -2.08. The van der Waals surface area contributed by atoms with Crippen LogP contribution in [0.5, 0.6) is 0 Å². The van der Waals surface area contributed by atoms with Gasteiger partial charge in [0.1, 0.15) is 0 Å². The Morgan fingerprint density at radius 3 is 1.94 bits per heavy atom. The van der Waals surface area contributed by atoms with Crippen molar-refractivity contribution in [1.82, 2.24) is 9.80 Å². The van der Waals surface area contributed by atoms with Gasteiger partial charge in [-0.25, -0.2) is 0 Å². The molecule has 0 aliphatic carbocycles. The highest BCUT2D eigenvalue weighted by Crippen LogP contribution is 2.29. The molecule has 3 aromatic rings. The summed E-state index contributed by atoms with van der Waals surface area (Å²) in [6.45, 7) is 3.33. The topological polar surface area (TPSA) is 23.6 Å². The Balaban J connectivity index is 1.34. The maximum absolute atomic E-state index is 12.8. The Kier molecular flexibility index (Phi) is 7.84. The molecular weight excluding hydrogens is 468 g/mol. The Labute approximate surface area is 197 Å². The fourth-order valence-corrected chi connectivity index (χ4v) is 5.61. The van der Waals surface area contributed by atoms with E-state index in [1.54, 1.807) is 11.8 Å². The summed E-state index contributed by atoms with van der Waals surface area (Å²) < 4.78 is 1.11. The van der Waals surface area contributed by atoms with E-state index in [1.807, 2.05) is 23.1 Å². The zero-order valence-electron chi connectivity index (χ0n) is 17.5. The van der Waals surface area contributed by atoms with E-state index in [9.17, 15) is 4.79 Å². The maximum atomic E-state index is 12.8. The normalized spacial score (nSPS) is 14.7. The number of hydrogen-bond acceptors (Lipinski definition) is 3. The lowest BCUT2D eigenvalue weighted by Gasteiger charge is -2.39. The van der Waals surface area contributed by atoms with Crippen LogP contribution >= 0.6 is 27.7 Å². The highest BCUT2D eigenvalue weighted by molar-refractivity contribution is 9.10. The molecule has 0 N–H and O–H groups in total. The Morgan fingerprint density at radius 1 is 0.806 bits per heavy atom. The van der Waals surface area contributed by atoms with Gasteiger partial charge in [-0.2, -0.15) is 0 Å². The van der Waals surface area contributed by atoms with Gasteiger partial charge in [-0.05, 0) is 22.8 Å². The first-order valence-corrected chi connectivity index (χ1v) is 12.6. The van der Waals surface area contributed by atoms with Gasteiger partial charge in [-0.15, -0.1) is 11.8 Å². The molecule has 0 spiro atoms. The Morgan fingerprint density at radius 2 is 1.35 bits per heavy atom. The van der Waals surface area contributed by atoms with E-state index in [0.717, 1.165) is 36.4 Å².